The minimum Gasteiger partial charge on any atom is -0.389 e. The third-order valence-electron chi connectivity index (χ3n) is 2.95. The van der Waals surface area contributed by atoms with Gasteiger partial charge in [-0.25, -0.2) is 0 Å². The topological polar surface area (TPSA) is 35.5 Å². The van der Waals surface area contributed by atoms with E-state index >= 15 is 0 Å². The van der Waals surface area contributed by atoms with Crippen molar-refractivity contribution in [2.45, 2.75) is 25.6 Å². The highest BCUT2D eigenvalue weighted by molar-refractivity contribution is 5.76. The van der Waals surface area contributed by atoms with E-state index in [4.69, 9.17) is 0 Å². The van der Waals surface area contributed by atoms with Crippen LogP contribution in [0, 0.1) is 0 Å². The molecule has 1 aromatic rings. The molecule has 0 unspecified atom stereocenters. The normalized spacial score (nSPS) is 16.0. The molecule has 2 N–H and O–H groups in total. The van der Waals surface area contributed by atoms with Crippen LogP contribution in [0.2, 0.25) is 0 Å². The number of fused-ring (bicyclic) bond motifs is 1. The van der Waals surface area contributed by atoms with Gasteiger partial charge in [-0.3, -0.25) is 0 Å². The average molecular weight is 274 g/mol. The van der Waals surface area contributed by atoms with E-state index in [0.717, 1.165) is 6.07 Å². The van der Waals surface area contributed by atoms with E-state index in [0.29, 0.717) is 25.3 Å². The fraction of sp³-hybridized carbons (Fsp3) is 0.538. The first-order chi connectivity index (χ1) is 8.68. The Balaban J connectivity index is 2.41. The zero-order valence-corrected chi connectivity index (χ0v) is 10.9. The monoisotopic (exact) mass is 274 g/mol. The van der Waals surface area contributed by atoms with Crippen molar-refractivity contribution in [2.24, 2.45) is 0 Å². The van der Waals surface area contributed by atoms with Crippen molar-refractivity contribution in [3.63, 3.8) is 0 Å². The van der Waals surface area contributed by atoms with Gasteiger partial charge >= 0.3 is 6.18 Å². The van der Waals surface area contributed by atoms with Crippen LogP contribution in [0.5, 0.6) is 0 Å². The van der Waals surface area contributed by atoms with E-state index < -0.39 is 17.3 Å². The standard InChI is InChI=1S/C13H17F3N2O/c1-12(2,19)8-18-7-6-17-11-9(13(14,15)16)4-3-5-10(11)18/h3-5,17,19H,6-8H2,1-2H3. The highest BCUT2D eigenvalue weighted by atomic mass is 19.4. The van der Waals surface area contributed by atoms with Gasteiger partial charge in [-0.1, -0.05) is 6.07 Å². The summed E-state index contributed by atoms with van der Waals surface area (Å²) in [6.45, 7) is 4.57. The summed E-state index contributed by atoms with van der Waals surface area (Å²) in [5.74, 6) is 0. The van der Waals surface area contributed by atoms with Gasteiger partial charge in [0.25, 0.3) is 0 Å². The molecule has 0 saturated carbocycles. The number of aliphatic hydroxyl groups is 1. The summed E-state index contributed by atoms with van der Waals surface area (Å²) in [7, 11) is 0. The van der Waals surface area contributed by atoms with Gasteiger partial charge in [0.15, 0.2) is 0 Å². The lowest BCUT2D eigenvalue weighted by Crippen LogP contribution is -2.43. The van der Waals surface area contributed by atoms with Gasteiger partial charge in [0.05, 0.1) is 22.5 Å². The molecule has 1 aromatic carbocycles. The van der Waals surface area contributed by atoms with Crippen LogP contribution in [0.1, 0.15) is 19.4 Å². The summed E-state index contributed by atoms with van der Waals surface area (Å²) < 4.78 is 38.8. The largest absolute Gasteiger partial charge is 0.418 e. The second kappa shape index (κ2) is 4.59. The van der Waals surface area contributed by atoms with E-state index in [9.17, 15) is 18.3 Å². The SMILES string of the molecule is CC(C)(O)CN1CCNc2c1cccc2C(F)(F)F. The lowest BCUT2D eigenvalue weighted by molar-refractivity contribution is -0.136. The number of nitrogens with zero attached hydrogens (tertiary/aromatic N) is 1. The van der Waals surface area contributed by atoms with Gasteiger partial charge in [-0.2, -0.15) is 13.2 Å². The quantitative estimate of drug-likeness (QED) is 0.870. The molecule has 1 heterocycles. The van der Waals surface area contributed by atoms with Crippen LogP contribution in [-0.2, 0) is 6.18 Å². The number of rotatable bonds is 2. The number of hydrogen-bond donors (Lipinski definition) is 2. The minimum absolute atomic E-state index is 0.102. The predicted octanol–water partition coefficient (Wildman–Crippen LogP) is 2.71. The van der Waals surface area contributed by atoms with Crippen LogP contribution in [0.15, 0.2) is 18.2 Å². The van der Waals surface area contributed by atoms with Crippen molar-refractivity contribution < 1.29 is 18.3 Å². The van der Waals surface area contributed by atoms with E-state index in [1.54, 1.807) is 24.8 Å². The lowest BCUT2D eigenvalue weighted by atomic mass is 10.0. The van der Waals surface area contributed by atoms with E-state index in [1.807, 2.05) is 0 Å². The fourth-order valence-corrected chi connectivity index (χ4v) is 2.29. The molecule has 0 bridgehead atoms. The molecule has 106 valence electrons. The Morgan fingerprint density at radius 1 is 1.32 bits per heavy atom. The fourth-order valence-electron chi connectivity index (χ4n) is 2.29. The van der Waals surface area contributed by atoms with Crippen LogP contribution >= 0.6 is 0 Å². The molecule has 1 aliphatic rings. The number of β-amino-alcohol motifs (C(OH)–C–C–N with tert-alkyl or cyclic N) is 1. The Kier molecular flexibility index (Phi) is 3.38. The molecule has 0 radical (unpaired) electrons. The third kappa shape index (κ3) is 3.12. The van der Waals surface area contributed by atoms with Gasteiger partial charge in [0.2, 0.25) is 0 Å². The first-order valence-electron chi connectivity index (χ1n) is 6.10. The highest BCUT2D eigenvalue weighted by Crippen LogP contribution is 2.41. The molecule has 0 spiro atoms. The molecule has 6 heteroatoms. The Bertz CT molecular complexity index is 466. The summed E-state index contributed by atoms with van der Waals surface area (Å²) in [6, 6.07) is 4.11. The lowest BCUT2D eigenvalue weighted by Gasteiger charge is -2.36. The van der Waals surface area contributed by atoms with Crippen molar-refractivity contribution >= 4 is 11.4 Å². The second-order valence-electron chi connectivity index (χ2n) is 5.36. The highest BCUT2D eigenvalue weighted by Gasteiger charge is 2.36. The van der Waals surface area contributed by atoms with Gasteiger partial charge in [-0.15, -0.1) is 0 Å². The minimum atomic E-state index is -4.38. The van der Waals surface area contributed by atoms with Crippen LogP contribution in [0.4, 0.5) is 24.5 Å². The Morgan fingerprint density at radius 3 is 2.58 bits per heavy atom. The molecule has 0 aliphatic carbocycles. The van der Waals surface area contributed by atoms with Crippen molar-refractivity contribution in [1.82, 2.24) is 0 Å². The molecule has 0 amide bonds. The number of alkyl halides is 3. The van der Waals surface area contributed by atoms with E-state index in [2.05, 4.69) is 5.32 Å². The number of hydrogen-bond acceptors (Lipinski definition) is 3. The molecule has 2 rings (SSSR count). The molecule has 1 aliphatic heterocycles. The summed E-state index contributed by atoms with van der Waals surface area (Å²) in [6.07, 6.45) is -4.38. The molecule has 0 aromatic heterocycles. The van der Waals surface area contributed by atoms with Crippen LogP contribution in [0.3, 0.4) is 0 Å². The third-order valence-corrected chi connectivity index (χ3v) is 2.95. The number of halogens is 3. The van der Waals surface area contributed by atoms with Crippen molar-refractivity contribution in [3.05, 3.63) is 23.8 Å². The van der Waals surface area contributed by atoms with Crippen LogP contribution in [0.25, 0.3) is 0 Å². The van der Waals surface area contributed by atoms with Crippen LogP contribution < -0.4 is 10.2 Å². The van der Waals surface area contributed by atoms with Gasteiger partial charge < -0.3 is 15.3 Å². The summed E-state index contributed by atoms with van der Waals surface area (Å²) in [5, 5.41) is 12.7. The molecule has 0 saturated heterocycles. The zero-order valence-electron chi connectivity index (χ0n) is 10.9. The maximum Gasteiger partial charge on any atom is 0.418 e. The van der Waals surface area contributed by atoms with Gasteiger partial charge in [-0.05, 0) is 26.0 Å². The van der Waals surface area contributed by atoms with E-state index in [-0.39, 0.29) is 5.69 Å². The molecule has 0 atom stereocenters. The number of benzene rings is 1. The molecule has 3 nitrogen and oxygen atoms in total. The summed E-state index contributed by atoms with van der Waals surface area (Å²) in [4.78, 5) is 1.78. The number of anilines is 2. The van der Waals surface area contributed by atoms with Crippen molar-refractivity contribution in [2.75, 3.05) is 29.9 Å². The zero-order chi connectivity index (χ0) is 14.3. The number of nitrogens with one attached hydrogen (secondary N) is 1. The van der Waals surface area contributed by atoms with Gasteiger partial charge in [0, 0.05) is 19.6 Å². The average Bonchev–Trinajstić information content (AvgIpc) is 2.25. The van der Waals surface area contributed by atoms with E-state index in [1.165, 1.54) is 6.07 Å². The van der Waals surface area contributed by atoms with Crippen molar-refractivity contribution in [3.8, 4) is 0 Å². The molecule has 19 heavy (non-hydrogen) atoms. The summed E-state index contributed by atoms with van der Waals surface area (Å²) >= 11 is 0. The number of para-hydroxylation sites is 1. The maximum absolute atomic E-state index is 12.9. The molecular formula is C13H17F3N2O. The molecular weight excluding hydrogens is 257 g/mol. The summed E-state index contributed by atoms with van der Waals surface area (Å²) in [5.41, 5.74) is -1.03. The van der Waals surface area contributed by atoms with Gasteiger partial charge in [0.1, 0.15) is 0 Å². The van der Waals surface area contributed by atoms with Crippen LogP contribution in [-0.4, -0.2) is 30.3 Å². The maximum atomic E-state index is 12.9. The predicted molar refractivity (Wildman–Crippen MR) is 68.4 cm³/mol. The van der Waals surface area contributed by atoms with Crippen molar-refractivity contribution in [1.29, 1.82) is 0 Å². The smallest absolute Gasteiger partial charge is 0.389 e. The first kappa shape index (κ1) is 14.0. The Morgan fingerprint density at radius 2 is 2.00 bits per heavy atom. The first-order valence-corrected chi connectivity index (χ1v) is 6.10. The Hall–Kier alpha value is -1.43. The molecule has 0 fully saturated rings. The second-order valence-corrected chi connectivity index (χ2v) is 5.36. The Labute approximate surface area is 110 Å².